The lowest BCUT2D eigenvalue weighted by Crippen LogP contribution is -2.57. The summed E-state index contributed by atoms with van der Waals surface area (Å²) in [5.41, 5.74) is 2.13. The maximum Gasteiger partial charge on any atom is 0.253 e. The summed E-state index contributed by atoms with van der Waals surface area (Å²) in [5, 5.41) is 2.85. The number of carbonyl (C=O) groups is 3. The fraction of sp³-hybridized carbons (Fsp3) is 0.480. The Hall–Kier alpha value is -3.29. The number of benzene rings is 1. The zero-order valence-electron chi connectivity index (χ0n) is 19.0. The van der Waals surface area contributed by atoms with Crippen molar-refractivity contribution in [3.8, 4) is 0 Å². The standard InChI is InChI=1S/C25H30N4O4/c1-17-7-9-19(33-17)15-26-23(30)16-29-22-14-18(24(31)27-11-4-5-12-27)8-10-20(22)28-13-3-2-6-21(28)25(29)32/h7-10,14,21H,2-6,11-13,15-16H2,1H3,(H,26,30). The number of hydrogen-bond acceptors (Lipinski definition) is 5. The molecule has 5 rings (SSSR count). The molecule has 3 aliphatic rings. The Morgan fingerprint density at radius 3 is 2.58 bits per heavy atom. The number of likely N-dealkylation sites (tertiary alicyclic amines) is 1. The van der Waals surface area contributed by atoms with Gasteiger partial charge in [0, 0.05) is 25.2 Å². The van der Waals surface area contributed by atoms with Crippen LogP contribution < -0.4 is 15.1 Å². The number of anilines is 2. The largest absolute Gasteiger partial charge is 0.465 e. The van der Waals surface area contributed by atoms with E-state index in [0.29, 0.717) is 17.0 Å². The predicted molar refractivity (Wildman–Crippen MR) is 124 cm³/mol. The molecule has 2 aromatic rings. The van der Waals surface area contributed by atoms with Crippen LogP contribution in [0.3, 0.4) is 0 Å². The number of rotatable bonds is 5. The van der Waals surface area contributed by atoms with Gasteiger partial charge in [0.25, 0.3) is 5.91 Å². The van der Waals surface area contributed by atoms with Gasteiger partial charge in [0.1, 0.15) is 24.1 Å². The Kier molecular flexibility index (Phi) is 5.83. The van der Waals surface area contributed by atoms with E-state index in [9.17, 15) is 14.4 Å². The molecule has 0 aliphatic carbocycles. The van der Waals surface area contributed by atoms with Crippen LogP contribution in [0.2, 0.25) is 0 Å². The second-order valence-electron chi connectivity index (χ2n) is 9.12. The van der Waals surface area contributed by atoms with Crippen LogP contribution in [0.25, 0.3) is 0 Å². The van der Waals surface area contributed by atoms with Crippen LogP contribution in [0.1, 0.15) is 54.0 Å². The fourth-order valence-electron chi connectivity index (χ4n) is 5.12. The maximum absolute atomic E-state index is 13.5. The number of carbonyl (C=O) groups excluding carboxylic acids is 3. The quantitative estimate of drug-likeness (QED) is 0.757. The third kappa shape index (κ3) is 4.21. The van der Waals surface area contributed by atoms with Crippen molar-refractivity contribution >= 4 is 29.1 Å². The van der Waals surface area contributed by atoms with Crippen LogP contribution in [0.4, 0.5) is 11.4 Å². The lowest BCUT2D eigenvalue weighted by atomic mass is 9.95. The van der Waals surface area contributed by atoms with E-state index in [0.717, 1.165) is 63.2 Å². The minimum Gasteiger partial charge on any atom is -0.465 e. The molecule has 2 saturated heterocycles. The van der Waals surface area contributed by atoms with Crippen LogP contribution in [0, 0.1) is 6.92 Å². The van der Waals surface area contributed by atoms with E-state index >= 15 is 0 Å². The first-order valence-corrected chi connectivity index (χ1v) is 11.8. The first-order valence-electron chi connectivity index (χ1n) is 11.8. The lowest BCUT2D eigenvalue weighted by molar-refractivity contribution is -0.125. The summed E-state index contributed by atoms with van der Waals surface area (Å²) in [6.45, 7) is 4.37. The highest BCUT2D eigenvalue weighted by Crippen LogP contribution is 2.40. The SMILES string of the molecule is Cc1ccc(CNC(=O)CN2C(=O)C3CCCCN3c3ccc(C(=O)N4CCCC4)cc32)o1. The van der Waals surface area contributed by atoms with E-state index < -0.39 is 0 Å². The number of aryl methyl sites for hydroxylation is 1. The summed E-state index contributed by atoms with van der Waals surface area (Å²) in [6.07, 6.45) is 4.83. The number of fused-ring (bicyclic) bond motifs is 3. The summed E-state index contributed by atoms with van der Waals surface area (Å²) in [5.74, 6) is 1.11. The zero-order chi connectivity index (χ0) is 22.9. The molecule has 174 valence electrons. The molecule has 0 bridgehead atoms. The molecule has 1 aromatic carbocycles. The van der Waals surface area contributed by atoms with Crippen molar-refractivity contribution in [1.82, 2.24) is 10.2 Å². The molecule has 4 heterocycles. The molecule has 0 saturated carbocycles. The third-order valence-corrected chi connectivity index (χ3v) is 6.83. The van der Waals surface area contributed by atoms with Gasteiger partial charge in [-0.1, -0.05) is 0 Å². The molecule has 1 atom stereocenters. The van der Waals surface area contributed by atoms with E-state index in [4.69, 9.17) is 4.42 Å². The topological polar surface area (TPSA) is 86.1 Å². The highest BCUT2D eigenvalue weighted by molar-refractivity contribution is 6.09. The van der Waals surface area contributed by atoms with Crippen LogP contribution in [0.15, 0.2) is 34.7 Å². The number of piperidine rings is 1. The van der Waals surface area contributed by atoms with Gasteiger partial charge in [-0.3, -0.25) is 19.3 Å². The van der Waals surface area contributed by atoms with Gasteiger partial charge >= 0.3 is 0 Å². The Morgan fingerprint density at radius 1 is 1.03 bits per heavy atom. The van der Waals surface area contributed by atoms with Gasteiger partial charge in [0.2, 0.25) is 11.8 Å². The number of furan rings is 1. The molecule has 1 unspecified atom stereocenters. The van der Waals surface area contributed by atoms with Crippen molar-refractivity contribution in [2.45, 2.75) is 51.6 Å². The second-order valence-corrected chi connectivity index (χ2v) is 9.12. The van der Waals surface area contributed by atoms with Crippen molar-refractivity contribution < 1.29 is 18.8 Å². The van der Waals surface area contributed by atoms with Gasteiger partial charge in [0.05, 0.1) is 17.9 Å². The molecule has 1 N–H and O–H groups in total. The number of nitrogens with zero attached hydrogens (tertiary/aromatic N) is 3. The van der Waals surface area contributed by atoms with Crippen molar-refractivity contribution in [3.05, 3.63) is 47.4 Å². The van der Waals surface area contributed by atoms with Crippen molar-refractivity contribution in [1.29, 1.82) is 0 Å². The Labute approximate surface area is 193 Å². The van der Waals surface area contributed by atoms with E-state index in [1.807, 2.05) is 36.1 Å². The smallest absolute Gasteiger partial charge is 0.253 e. The monoisotopic (exact) mass is 450 g/mol. The number of amides is 3. The van der Waals surface area contributed by atoms with Gasteiger partial charge in [-0.2, -0.15) is 0 Å². The van der Waals surface area contributed by atoms with Crippen molar-refractivity contribution in [2.75, 3.05) is 36.0 Å². The second kappa shape index (κ2) is 8.92. The summed E-state index contributed by atoms with van der Waals surface area (Å²) >= 11 is 0. The highest BCUT2D eigenvalue weighted by atomic mass is 16.3. The minimum absolute atomic E-state index is 0.0129. The molecule has 0 radical (unpaired) electrons. The zero-order valence-corrected chi connectivity index (χ0v) is 19.0. The molecule has 8 heteroatoms. The Balaban J connectivity index is 1.41. The van der Waals surface area contributed by atoms with Gasteiger partial charge in [-0.05, 0) is 69.4 Å². The highest BCUT2D eigenvalue weighted by Gasteiger charge is 2.40. The van der Waals surface area contributed by atoms with Crippen LogP contribution >= 0.6 is 0 Å². The van der Waals surface area contributed by atoms with Crippen molar-refractivity contribution in [2.24, 2.45) is 0 Å². The third-order valence-electron chi connectivity index (χ3n) is 6.83. The van der Waals surface area contributed by atoms with Gasteiger partial charge < -0.3 is 19.5 Å². The van der Waals surface area contributed by atoms with E-state index in [1.165, 1.54) is 0 Å². The molecule has 33 heavy (non-hydrogen) atoms. The summed E-state index contributed by atoms with van der Waals surface area (Å²) < 4.78 is 5.52. The molecule has 3 amide bonds. The first kappa shape index (κ1) is 21.6. The Bertz CT molecular complexity index is 1070. The van der Waals surface area contributed by atoms with E-state index in [2.05, 4.69) is 10.2 Å². The predicted octanol–water partition coefficient (Wildman–Crippen LogP) is 2.85. The summed E-state index contributed by atoms with van der Waals surface area (Å²) in [6, 6.07) is 9.02. The molecule has 8 nitrogen and oxygen atoms in total. The van der Waals surface area contributed by atoms with Gasteiger partial charge in [0.15, 0.2) is 0 Å². The first-order chi connectivity index (χ1) is 16.0. The van der Waals surface area contributed by atoms with E-state index in [-0.39, 0.29) is 36.9 Å². The Morgan fingerprint density at radius 2 is 1.82 bits per heavy atom. The molecule has 0 spiro atoms. The van der Waals surface area contributed by atoms with Gasteiger partial charge in [-0.15, -0.1) is 0 Å². The molecular weight excluding hydrogens is 420 g/mol. The minimum atomic E-state index is -0.260. The fourth-order valence-corrected chi connectivity index (χ4v) is 5.12. The lowest BCUT2D eigenvalue weighted by Gasteiger charge is -2.45. The maximum atomic E-state index is 13.5. The molecule has 1 aromatic heterocycles. The van der Waals surface area contributed by atoms with Crippen LogP contribution in [0.5, 0.6) is 0 Å². The molecule has 3 aliphatic heterocycles. The summed E-state index contributed by atoms with van der Waals surface area (Å²) in [4.78, 5) is 44.8. The van der Waals surface area contributed by atoms with Crippen LogP contribution in [-0.4, -0.2) is 54.8 Å². The molecular formula is C25H30N4O4. The average molecular weight is 451 g/mol. The van der Waals surface area contributed by atoms with Gasteiger partial charge in [-0.25, -0.2) is 0 Å². The normalized spacial score (nSPS) is 20.0. The number of nitrogens with one attached hydrogen (secondary N) is 1. The average Bonchev–Trinajstić information content (AvgIpc) is 3.51. The van der Waals surface area contributed by atoms with Crippen LogP contribution in [-0.2, 0) is 16.1 Å². The summed E-state index contributed by atoms with van der Waals surface area (Å²) in [7, 11) is 0. The number of hydrogen-bond donors (Lipinski definition) is 1. The van der Waals surface area contributed by atoms with Crippen molar-refractivity contribution in [3.63, 3.8) is 0 Å². The van der Waals surface area contributed by atoms with E-state index in [1.54, 1.807) is 11.0 Å². The molecule has 2 fully saturated rings.